The number of benzene rings is 1. The van der Waals surface area contributed by atoms with Gasteiger partial charge in [0, 0.05) is 25.4 Å². The Morgan fingerprint density at radius 3 is 2.50 bits per heavy atom. The Hall–Kier alpha value is -0.510. The Kier molecular flexibility index (Phi) is 7.40. The zero-order valence-corrected chi connectivity index (χ0v) is 12.9. The van der Waals surface area contributed by atoms with Gasteiger partial charge in [-0.25, -0.2) is 0 Å². The predicted molar refractivity (Wildman–Crippen MR) is 83.5 cm³/mol. The van der Waals surface area contributed by atoms with E-state index >= 15 is 0 Å². The van der Waals surface area contributed by atoms with Crippen LogP contribution < -0.4 is 5.32 Å². The second kappa shape index (κ2) is 8.57. The second-order valence-corrected chi connectivity index (χ2v) is 5.92. The highest BCUT2D eigenvalue weighted by Crippen LogP contribution is 2.15. The molecule has 3 heteroatoms. The molecular weight excluding hydrogens is 240 g/mol. The molecule has 1 rings (SSSR count). The standard InChI is InChI=1S/C15H26N2S/c1-13(11-16-2)15-7-5-14(6-8-15)12-17(3)9-10-18-4/h5-8,13,16H,9-12H2,1-4H3. The van der Waals surface area contributed by atoms with E-state index in [1.807, 2.05) is 18.8 Å². The van der Waals surface area contributed by atoms with Gasteiger partial charge in [0.25, 0.3) is 0 Å². The van der Waals surface area contributed by atoms with Crippen molar-refractivity contribution in [2.45, 2.75) is 19.4 Å². The molecule has 102 valence electrons. The molecule has 1 aromatic rings. The summed E-state index contributed by atoms with van der Waals surface area (Å²) in [5.74, 6) is 1.78. The van der Waals surface area contributed by atoms with E-state index in [0.717, 1.165) is 19.6 Å². The number of likely N-dealkylation sites (N-methyl/N-ethyl adjacent to an activating group) is 1. The van der Waals surface area contributed by atoms with Gasteiger partial charge < -0.3 is 10.2 Å². The SMILES string of the molecule is CNCC(C)c1ccc(CN(C)CCSC)cc1. The van der Waals surface area contributed by atoms with E-state index in [9.17, 15) is 0 Å². The first kappa shape index (κ1) is 15.5. The number of thioether (sulfide) groups is 1. The van der Waals surface area contributed by atoms with E-state index in [-0.39, 0.29) is 0 Å². The molecule has 1 N–H and O–H groups in total. The average Bonchev–Trinajstić information content (AvgIpc) is 2.37. The molecule has 0 amide bonds. The minimum absolute atomic E-state index is 0.582. The molecule has 0 heterocycles. The smallest absolute Gasteiger partial charge is 0.0231 e. The van der Waals surface area contributed by atoms with Gasteiger partial charge in [0.15, 0.2) is 0 Å². The summed E-state index contributed by atoms with van der Waals surface area (Å²) in [6.45, 7) is 5.49. The Labute approximate surface area is 116 Å². The highest BCUT2D eigenvalue weighted by Gasteiger charge is 2.05. The summed E-state index contributed by atoms with van der Waals surface area (Å²) in [5.41, 5.74) is 2.82. The van der Waals surface area contributed by atoms with Crippen molar-refractivity contribution in [3.8, 4) is 0 Å². The van der Waals surface area contributed by atoms with E-state index in [0.29, 0.717) is 5.92 Å². The molecule has 1 aromatic carbocycles. The third-order valence-corrected chi connectivity index (χ3v) is 3.78. The van der Waals surface area contributed by atoms with Gasteiger partial charge in [-0.2, -0.15) is 11.8 Å². The minimum atomic E-state index is 0.582. The number of hydrogen-bond donors (Lipinski definition) is 1. The van der Waals surface area contributed by atoms with Gasteiger partial charge >= 0.3 is 0 Å². The van der Waals surface area contributed by atoms with Crippen molar-refractivity contribution in [3.63, 3.8) is 0 Å². The molecule has 0 radical (unpaired) electrons. The Balaban J connectivity index is 2.49. The van der Waals surface area contributed by atoms with Gasteiger partial charge in [-0.1, -0.05) is 31.2 Å². The van der Waals surface area contributed by atoms with Crippen LogP contribution in [0.5, 0.6) is 0 Å². The zero-order valence-electron chi connectivity index (χ0n) is 12.1. The Morgan fingerprint density at radius 2 is 1.94 bits per heavy atom. The van der Waals surface area contributed by atoms with Crippen molar-refractivity contribution < 1.29 is 0 Å². The maximum Gasteiger partial charge on any atom is 0.0231 e. The molecule has 0 saturated carbocycles. The van der Waals surface area contributed by atoms with Gasteiger partial charge in [0.1, 0.15) is 0 Å². The predicted octanol–water partition coefficient (Wildman–Crippen LogP) is 2.80. The van der Waals surface area contributed by atoms with Gasteiger partial charge in [-0.05, 0) is 37.4 Å². The van der Waals surface area contributed by atoms with Crippen molar-refractivity contribution in [1.29, 1.82) is 0 Å². The van der Waals surface area contributed by atoms with Crippen LogP contribution >= 0.6 is 11.8 Å². The van der Waals surface area contributed by atoms with Crippen molar-refractivity contribution in [2.75, 3.05) is 39.2 Å². The third kappa shape index (κ3) is 5.42. The lowest BCUT2D eigenvalue weighted by atomic mass is 10.00. The van der Waals surface area contributed by atoms with Crippen LogP contribution in [0.2, 0.25) is 0 Å². The first-order chi connectivity index (χ1) is 8.67. The molecule has 2 nitrogen and oxygen atoms in total. The fraction of sp³-hybridized carbons (Fsp3) is 0.600. The van der Waals surface area contributed by atoms with Gasteiger partial charge in [-0.3, -0.25) is 0 Å². The summed E-state index contributed by atoms with van der Waals surface area (Å²) in [5, 5.41) is 3.23. The number of rotatable bonds is 8. The van der Waals surface area contributed by atoms with Crippen LogP contribution in [0.4, 0.5) is 0 Å². The van der Waals surface area contributed by atoms with E-state index in [4.69, 9.17) is 0 Å². The third-order valence-electron chi connectivity index (χ3n) is 3.19. The second-order valence-electron chi connectivity index (χ2n) is 4.93. The fourth-order valence-electron chi connectivity index (χ4n) is 2.01. The van der Waals surface area contributed by atoms with Crippen molar-refractivity contribution >= 4 is 11.8 Å². The summed E-state index contributed by atoms with van der Waals surface area (Å²) in [7, 11) is 4.19. The number of nitrogens with one attached hydrogen (secondary N) is 1. The summed E-state index contributed by atoms with van der Waals surface area (Å²) >= 11 is 1.90. The van der Waals surface area contributed by atoms with E-state index < -0.39 is 0 Å². The normalized spacial score (nSPS) is 12.9. The molecule has 0 saturated heterocycles. The van der Waals surface area contributed by atoms with E-state index in [1.165, 1.54) is 16.9 Å². The van der Waals surface area contributed by atoms with Crippen LogP contribution in [-0.2, 0) is 6.54 Å². The molecule has 0 spiro atoms. The van der Waals surface area contributed by atoms with Crippen LogP contribution in [0.25, 0.3) is 0 Å². The maximum absolute atomic E-state index is 3.23. The van der Waals surface area contributed by atoms with Crippen LogP contribution in [-0.4, -0.2) is 44.1 Å². The fourth-order valence-corrected chi connectivity index (χ4v) is 2.51. The maximum atomic E-state index is 3.23. The Morgan fingerprint density at radius 1 is 1.28 bits per heavy atom. The molecule has 0 aliphatic rings. The van der Waals surface area contributed by atoms with Crippen LogP contribution in [0, 0.1) is 0 Å². The highest BCUT2D eigenvalue weighted by atomic mass is 32.2. The monoisotopic (exact) mass is 266 g/mol. The van der Waals surface area contributed by atoms with Crippen LogP contribution in [0.1, 0.15) is 24.0 Å². The first-order valence-corrected chi connectivity index (χ1v) is 7.97. The molecule has 18 heavy (non-hydrogen) atoms. The lowest BCUT2D eigenvalue weighted by molar-refractivity contribution is 0.349. The molecule has 0 aliphatic heterocycles. The average molecular weight is 266 g/mol. The summed E-state index contributed by atoms with van der Waals surface area (Å²) in [6.07, 6.45) is 2.16. The Bertz CT molecular complexity index is 324. The molecule has 0 fully saturated rings. The first-order valence-electron chi connectivity index (χ1n) is 6.58. The van der Waals surface area contributed by atoms with Crippen molar-refractivity contribution in [3.05, 3.63) is 35.4 Å². The summed E-state index contributed by atoms with van der Waals surface area (Å²) < 4.78 is 0. The van der Waals surface area contributed by atoms with Gasteiger partial charge in [-0.15, -0.1) is 0 Å². The van der Waals surface area contributed by atoms with Gasteiger partial charge in [0.05, 0.1) is 0 Å². The quantitative estimate of drug-likeness (QED) is 0.779. The van der Waals surface area contributed by atoms with Crippen LogP contribution in [0.15, 0.2) is 24.3 Å². The molecule has 0 bridgehead atoms. The molecular formula is C15H26N2S. The summed E-state index contributed by atoms with van der Waals surface area (Å²) in [6, 6.07) is 9.05. The minimum Gasteiger partial charge on any atom is -0.319 e. The topological polar surface area (TPSA) is 15.3 Å². The number of hydrogen-bond acceptors (Lipinski definition) is 3. The zero-order chi connectivity index (χ0) is 13.4. The van der Waals surface area contributed by atoms with Crippen molar-refractivity contribution in [2.24, 2.45) is 0 Å². The lowest BCUT2D eigenvalue weighted by Gasteiger charge is -2.17. The van der Waals surface area contributed by atoms with Gasteiger partial charge in [0.2, 0.25) is 0 Å². The largest absolute Gasteiger partial charge is 0.319 e. The van der Waals surface area contributed by atoms with Crippen molar-refractivity contribution in [1.82, 2.24) is 10.2 Å². The molecule has 1 atom stereocenters. The lowest BCUT2D eigenvalue weighted by Crippen LogP contribution is -2.20. The molecule has 0 aromatic heterocycles. The molecule has 1 unspecified atom stereocenters. The highest BCUT2D eigenvalue weighted by molar-refractivity contribution is 7.98. The van der Waals surface area contributed by atoms with E-state index in [1.54, 1.807) is 0 Å². The summed E-state index contributed by atoms with van der Waals surface area (Å²) in [4.78, 5) is 2.38. The van der Waals surface area contributed by atoms with E-state index in [2.05, 4.69) is 54.7 Å². The molecule has 0 aliphatic carbocycles. The number of nitrogens with zero attached hydrogens (tertiary/aromatic N) is 1. The van der Waals surface area contributed by atoms with Crippen LogP contribution in [0.3, 0.4) is 0 Å².